The summed E-state index contributed by atoms with van der Waals surface area (Å²) in [4.78, 5) is 26.5. The first-order valence-electron chi connectivity index (χ1n) is 8.63. The molecule has 0 amide bonds. The zero-order valence-corrected chi connectivity index (χ0v) is 14.9. The van der Waals surface area contributed by atoms with Crippen LogP contribution in [0.1, 0.15) is 47.1 Å². The summed E-state index contributed by atoms with van der Waals surface area (Å²) >= 11 is 0. The van der Waals surface area contributed by atoms with Gasteiger partial charge in [0.15, 0.2) is 5.78 Å². The predicted octanol–water partition coefficient (Wildman–Crippen LogP) is 4.37. The van der Waals surface area contributed by atoms with Crippen molar-refractivity contribution in [3.05, 3.63) is 57.8 Å². The second kappa shape index (κ2) is 7.92. The van der Waals surface area contributed by atoms with Crippen molar-refractivity contribution >= 4 is 11.5 Å². The molecule has 0 atom stereocenters. The molecule has 1 aliphatic rings. The van der Waals surface area contributed by atoms with E-state index < -0.39 is 0 Å². The minimum Gasteiger partial charge on any atom is -0.481 e. The van der Waals surface area contributed by atoms with Crippen molar-refractivity contribution in [1.82, 2.24) is 4.98 Å². The molecule has 1 fully saturated rings. The van der Waals surface area contributed by atoms with Crippen LogP contribution in [0, 0.1) is 29.6 Å². The van der Waals surface area contributed by atoms with Crippen LogP contribution in [0.25, 0.3) is 0 Å². The molecule has 3 rings (SSSR count). The van der Waals surface area contributed by atoms with Gasteiger partial charge < -0.3 is 4.74 Å². The van der Waals surface area contributed by atoms with Crippen molar-refractivity contribution in [3.8, 4) is 17.6 Å². The first-order chi connectivity index (χ1) is 12.6. The van der Waals surface area contributed by atoms with Crippen LogP contribution in [-0.2, 0) is 6.42 Å². The number of ketones is 1. The van der Waals surface area contributed by atoms with E-state index in [1.807, 2.05) is 12.1 Å². The van der Waals surface area contributed by atoms with Crippen LogP contribution in [0.15, 0.2) is 35.5 Å². The molecular formula is C21H20N2O3. The maximum atomic E-state index is 11.5. The number of carbonyl (C=O) groups excluding carboxylic acids is 1. The summed E-state index contributed by atoms with van der Waals surface area (Å²) in [5.74, 6) is 7.17. The van der Waals surface area contributed by atoms with E-state index in [1.165, 1.54) is 31.4 Å². The van der Waals surface area contributed by atoms with Gasteiger partial charge in [-0.05, 0) is 61.0 Å². The van der Waals surface area contributed by atoms with Crippen molar-refractivity contribution in [2.24, 2.45) is 11.1 Å². The van der Waals surface area contributed by atoms with Gasteiger partial charge in [0.05, 0.1) is 5.69 Å². The Bertz CT molecular complexity index is 888. The van der Waals surface area contributed by atoms with Crippen molar-refractivity contribution in [1.29, 1.82) is 0 Å². The van der Waals surface area contributed by atoms with Gasteiger partial charge in [-0.2, -0.15) is 0 Å². The normalized spacial score (nSPS) is 12.8. The summed E-state index contributed by atoms with van der Waals surface area (Å²) in [5.41, 5.74) is 2.57. The topological polar surface area (TPSA) is 68.6 Å². The number of carbonyl (C=O) groups is 1. The quantitative estimate of drug-likeness (QED) is 0.441. The molecule has 0 unspecified atom stereocenters. The van der Waals surface area contributed by atoms with Crippen molar-refractivity contribution in [2.45, 2.75) is 33.1 Å². The summed E-state index contributed by atoms with van der Waals surface area (Å²) < 4.78 is 5.63. The average Bonchev–Trinajstić information content (AvgIpc) is 3.44. The number of hydrogen-bond acceptors (Lipinski definition) is 5. The van der Waals surface area contributed by atoms with E-state index >= 15 is 0 Å². The highest BCUT2D eigenvalue weighted by Gasteiger charge is 2.21. The Labute approximate surface area is 152 Å². The van der Waals surface area contributed by atoms with Crippen LogP contribution in [-0.4, -0.2) is 17.4 Å². The average molecular weight is 348 g/mol. The van der Waals surface area contributed by atoms with Crippen molar-refractivity contribution in [3.63, 3.8) is 0 Å². The third kappa shape index (κ3) is 4.54. The molecule has 26 heavy (non-hydrogen) atoms. The van der Waals surface area contributed by atoms with E-state index in [0.717, 1.165) is 18.1 Å². The number of hydrogen-bond donors (Lipinski definition) is 0. The van der Waals surface area contributed by atoms with Gasteiger partial charge in [-0.25, -0.2) is 4.98 Å². The third-order valence-electron chi connectivity index (χ3n) is 4.30. The van der Waals surface area contributed by atoms with Gasteiger partial charge in [0.25, 0.3) is 0 Å². The number of rotatable bonds is 6. The summed E-state index contributed by atoms with van der Waals surface area (Å²) in [6, 6.07) is 9.60. The molecule has 5 heteroatoms. The lowest BCUT2D eigenvalue weighted by molar-refractivity contribution is 0.101. The number of nitrogens with zero attached hydrogens (tertiary/aromatic N) is 2. The molecule has 1 aromatic carbocycles. The molecule has 132 valence electrons. The van der Waals surface area contributed by atoms with Gasteiger partial charge in [0.2, 0.25) is 0 Å². The molecule has 1 aromatic heterocycles. The Morgan fingerprint density at radius 1 is 1.31 bits per heavy atom. The first-order valence-corrected chi connectivity index (χ1v) is 8.63. The van der Waals surface area contributed by atoms with E-state index in [0.29, 0.717) is 11.3 Å². The lowest BCUT2D eigenvalue weighted by Gasteiger charge is -2.04. The second-order valence-electron chi connectivity index (χ2n) is 6.52. The SMILES string of the molecule is CC(=O)c1nc(C)c(C#CCOc2ccc(CC3CC3)cc2)cc1N=O. The maximum absolute atomic E-state index is 11.5. The van der Waals surface area contributed by atoms with Crippen molar-refractivity contribution in [2.75, 3.05) is 6.61 Å². The molecule has 0 radical (unpaired) electrons. The molecule has 1 heterocycles. The van der Waals surface area contributed by atoms with Gasteiger partial charge in [-0.3, -0.25) is 4.79 Å². The van der Waals surface area contributed by atoms with Crippen molar-refractivity contribution < 1.29 is 9.53 Å². The fourth-order valence-electron chi connectivity index (χ4n) is 2.68. The minimum atomic E-state index is -0.296. The number of pyridine rings is 1. The summed E-state index contributed by atoms with van der Waals surface area (Å²) in [7, 11) is 0. The summed E-state index contributed by atoms with van der Waals surface area (Å²) in [5, 5.41) is 2.87. The number of aromatic nitrogens is 1. The number of benzene rings is 1. The third-order valence-corrected chi connectivity index (χ3v) is 4.30. The molecule has 0 aliphatic heterocycles. The molecule has 2 aromatic rings. The fraction of sp³-hybridized carbons (Fsp3) is 0.333. The minimum absolute atomic E-state index is 0.0135. The molecule has 1 aliphatic carbocycles. The lowest BCUT2D eigenvalue weighted by atomic mass is 10.1. The summed E-state index contributed by atoms with van der Waals surface area (Å²) in [6.45, 7) is 3.32. The maximum Gasteiger partial charge on any atom is 0.180 e. The van der Waals surface area contributed by atoms with Crippen LogP contribution in [0.3, 0.4) is 0 Å². The van der Waals surface area contributed by atoms with Crippen LogP contribution in [0.5, 0.6) is 5.75 Å². The van der Waals surface area contributed by atoms with Crippen LogP contribution in [0.2, 0.25) is 0 Å². The molecule has 0 saturated heterocycles. The van der Waals surface area contributed by atoms with Gasteiger partial charge >= 0.3 is 0 Å². The lowest BCUT2D eigenvalue weighted by Crippen LogP contribution is -2.01. The number of nitroso groups, excluding NO2 is 1. The Balaban J connectivity index is 1.62. The van der Waals surface area contributed by atoms with E-state index in [-0.39, 0.29) is 23.8 Å². The van der Waals surface area contributed by atoms with Gasteiger partial charge in [0, 0.05) is 12.5 Å². The Kier molecular flexibility index (Phi) is 5.43. The van der Waals surface area contributed by atoms with Crippen LogP contribution < -0.4 is 4.74 Å². The second-order valence-corrected chi connectivity index (χ2v) is 6.52. The zero-order chi connectivity index (χ0) is 18.5. The van der Waals surface area contributed by atoms with E-state index in [2.05, 4.69) is 34.1 Å². The number of ether oxygens (including phenoxy) is 1. The number of aryl methyl sites for hydroxylation is 1. The Hall–Kier alpha value is -3.00. The van der Waals surface area contributed by atoms with E-state index in [9.17, 15) is 9.70 Å². The highest BCUT2D eigenvalue weighted by atomic mass is 16.5. The zero-order valence-electron chi connectivity index (χ0n) is 14.9. The molecule has 0 spiro atoms. The largest absolute Gasteiger partial charge is 0.481 e. The molecule has 1 saturated carbocycles. The predicted molar refractivity (Wildman–Crippen MR) is 99.7 cm³/mol. The van der Waals surface area contributed by atoms with Gasteiger partial charge in [-0.1, -0.05) is 24.0 Å². The first kappa shape index (κ1) is 17.8. The standard InChI is InChI=1S/C21H20N2O3/c1-14-18(13-20(23-25)21(22-14)15(2)24)4-3-11-26-19-9-7-17(8-10-19)12-16-5-6-16/h7-10,13,16H,5-6,11-12H2,1-2H3. The van der Waals surface area contributed by atoms with E-state index in [1.54, 1.807) is 6.92 Å². The van der Waals surface area contributed by atoms with E-state index in [4.69, 9.17) is 4.74 Å². The highest BCUT2D eigenvalue weighted by Crippen LogP contribution is 2.32. The molecule has 0 N–H and O–H groups in total. The number of Topliss-reactive ketones (excluding diaryl/α,β-unsaturated/α-hetero) is 1. The van der Waals surface area contributed by atoms with Crippen LogP contribution in [0.4, 0.5) is 5.69 Å². The smallest absolute Gasteiger partial charge is 0.180 e. The molecule has 5 nitrogen and oxygen atoms in total. The van der Waals surface area contributed by atoms with Crippen LogP contribution >= 0.6 is 0 Å². The summed E-state index contributed by atoms with van der Waals surface area (Å²) in [6.07, 6.45) is 3.84. The van der Waals surface area contributed by atoms with Gasteiger partial charge in [0.1, 0.15) is 23.7 Å². The Morgan fingerprint density at radius 2 is 2.04 bits per heavy atom. The molecule has 0 bridgehead atoms. The highest BCUT2D eigenvalue weighted by molar-refractivity contribution is 5.97. The van der Waals surface area contributed by atoms with Gasteiger partial charge in [-0.15, -0.1) is 4.91 Å². The monoisotopic (exact) mass is 348 g/mol. The fourth-order valence-corrected chi connectivity index (χ4v) is 2.68. The molecular weight excluding hydrogens is 328 g/mol. The Morgan fingerprint density at radius 3 is 2.65 bits per heavy atom.